The van der Waals surface area contributed by atoms with E-state index in [4.69, 9.17) is 9.47 Å². The summed E-state index contributed by atoms with van der Waals surface area (Å²) >= 11 is 0. The van der Waals surface area contributed by atoms with E-state index in [-0.39, 0.29) is 36.3 Å². The van der Waals surface area contributed by atoms with Crippen LogP contribution >= 0.6 is 0 Å². The Balaban J connectivity index is 1.38. The molecule has 0 radical (unpaired) electrons. The maximum absolute atomic E-state index is 13.1. The number of rotatable bonds is 6. The predicted molar refractivity (Wildman–Crippen MR) is 138 cm³/mol. The standard InChI is InChI=1S/C27H38N4O6/c1-17(36-19-13-15-30(16-14-19)26(35)37-27(2,3)4)9-10-18-7-6-8-20-23(18)29(5)25(34)31(20)21-11-12-22(32)28-24(21)33/h6-8,17,19,21H,9-16H2,1-5H3,(H,28,32,33). The average Bonchev–Trinajstić information content (AvgIpc) is 3.08. The summed E-state index contributed by atoms with van der Waals surface area (Å²) in [5, 5.41) is 2.35. The first-order chi connectivity index (χ1) is 17.4. The summed E-state index contributed by atoms with van der Waals surface area (Å²) < 4.78 is 14.9. The summed E-state index contributed by atoms with van der Waals surface area (Å²) in [4.78, 5) is 51.2. The molecular weight excluding hydrogens is 476 g/mol. The van der Waals surface area contributed by atoms with Crippen LogP contribution < -0.4 is 11.0 Å². The fourth-order valence-electron chi connectivity index (χ4n) is 5.21. The minimum Gasteiger partial charge on any atom is -0.444 e. The second-order valence-electron chi connectivity index (χ2n) is 11.1. The normalized spacial score (nSPS) is 20.2. The molecule has 0 bridgehead atoms. The molecule has 0 spiro atoms. The van der Waals surface area contributed by atoms with Crippen LogP contribution in [0.1, 0.15) is 71.4 Å². The molecule has 10 heteroatoms. The molecule has 2 aliphatic heterocycles. The molecule has 2 unspecified atom stereocenters. The minimum absolute atomic E-state index is 0.00239. The monoisotopic (exact) mass is 514 g/mol. The molecule has 1 aromatic carbocycles. The lowest BCUT2D eigenvalue weighted by atomic mass is 10.0. The fraction of sp³-hybridized carbons (Fsp3) is 0.630. The Morgan fingerprint density at radius 2 is 1.84 bits per heavy atom. The van der Waals surface area contributed by atoms with Crippen molar-refractivity contribution in [3.8, 4) is 0 Å². The molecule has 1 N–H and O–H groups in total. The third kappa shape index (κ3) is 6.06. The van der Waals surface area contributed by atoms with Crippen LogP contribution in [0.5, 0.6) is 0 Å². The van der Waals surface area contributed by atoms with Gasteiger partial charge in [-0.2, -0.15) is 0 Å². The summed E-state index contributed by atoms with van der Waals surface area (Å²) in [6.45, 7) is 8.87. The Hall–Kier alpha value is -3.14. The number of fused-ring (bicyclic) bond motifs is 1. The van der Waals surface area contributed by atoms with Crippen molar-refractivity contribution >= 4 is 28.9 Å². The number of likely N-dealkylation sites (tertiary alicyclic amines) is 1. The number of nitrogens with one attached hydrogen (secondary N) is 1. The third-order valence-corrected chi connectivity index (χ3v) is 7.05. The highest BCUT2D eigenvalue weighted by Crippen LogP contribution is 2.26. The first kappa shape index (κ1) is 26.9. The second kappa shape index (κ2) is 10.7. The van der Waals surface area contributed by atoms with Gasteiger partial charge in [-0.25, -0.2) is 9.59 Å². The molecule has 2 atom stereocenters. The smallest absolute Gasteiger partial charge is 0.410 e. The molecule has 0 saturated carbocycles. The molecule has 2 saturated heterocycles. The highest BCUT2D eigenvalue weighted by Gasteiger charge is 2.32. The summed E-state index contributed by atoms with van der Waals surface area (Å²) in [7, 11) is 1.72. The molecule has 1 aromatic heterocycles. The van der Waals surface area contributed by atoms with Gasteiger partial charge in [0.15, 0.2) is 0 Å². The van der Waals surface area contributed by atoms with Gasteiger partial charge < -0.3 is 14.4 Å². The van der Waals surface area contributed by atoms with Gasteiger partial charge in [0.05, 0.1) is 23.2 Å². The number of imide groups is 1. The number of imidazole rings is 1. The Morgan fingerprint density at radius 3 is 2.49 bits per heavy atom. The number of amides is 3. The van der Waals surface area contributed by atoms with Gasteiger partial charge in [0.2, 0.25) is 11.8 Å². The van der Waals surface area contributed by atoms with Crippen LogP contribution in [0, 0.1) is 0 Å². The number of aryl methyl sites for hydroxylation is 2. The number of carbonyl (C=O) groups is 3. The Morgan fingerprint density at radius 1 is 1.14 bits per heavy atom. The van der Waals surface area contributed by atoms with Gasteiger partial charge in [-0.1, -0.05) is 12.1 Å². The van der Waals surface area contributed by atoms with E-state index < -0.39 is 17.6 Å². The van der Waals surface area contributed by atoms with Crippen LogP contribution in [0.15, 0.2) is 23.0 Å². The van der Waals surface area contributed by atoms with Crippen molar-refractivity contribution in [1.29, 1.82) is 0 Å². The third-order valence-electron chi connectivity index (χ3n) is 7.05. The first-order valence-electron chi connectivity index (χ1n) is 13.1. The summed E-state index contributed by atoms with van der Waals surface area (Å²) in [6.07, 6.45) is 3.35. The van der Waals surface area contributed by atoms with E-state index in [0.717, 1.165) is 30.3 Å². The molecule has 0 aliphatic carbocycles. The molecular formula is C27H38N4O6. The number of para-hydroxylation sites is 1. The van der Waals surface area contributed by atoms with E-state index in [1.165, 1.54) is 4.57 Å². The zero-order valence-corrected chi connectivity index (χ0v) is 22.4. The molecule has 2 aliphatic rings. The molecule has 2 fully saturated rings. The number of ether oxygens (including phenoxy) is 2. The maximum atomic E-state index is 13.1. The lowest BCUT2D eigenvalue weighted by molar-refractivity contribution is -0.135. The van der Waals surface area contributed by atoms with E-state index in [9.17, 15) is 19.2 Å². The number of nitrogens with zero attached hydrogens (tertiary/aromatic N) is 3. The molecule has 37 heavy (non-hydrogen) atoms. The zero-order chi connectivity index (χ0) is 26.9. The first-order valence-corrected chi connectivity index (χ1v) is 13.1. The Labute approximate surface area is 216 Å². The molecule has 3 heterocycles. The fourth-order valence-corrected chi connectivity index (χ4v) is 5.21. The van der Waals surface area contributed by atoms with Crippen molar-refractivity contribution in [3.63, 3.8) is 0 Å². The molecule has 3 amide bonds. The van der Waals surface area contributed by atoms with E-state index >= 15 is 0 Å². The predicted octanol–water partition coefficient (Wildman–Crippen LogP) is 3.05. The van der Waals surface area contributed by atoms with Crippen LogP contribution in [0.3, 0.4) is 0 Å². The second-order valence-corrected chi connectivity index (χ2v) is 11.1. The Kier molecular flexibility index (Phi) is 7.77. The average molecular weight is 515 g/mol. The van der Waals surface area contributed by atoms with Gasteiger partial charge in [0.1, 0.15) is 11.6 Å². The van der Waals surface area contributed by atoms with Crippen molar-refractivity contribution in [2.24, 2.45) is 7.05 Å². The van der Waals surface area contributed by atoms with Gasteiger partial charge in [0.25, 0.3) is 0 Å². The van der Waals surface area contributed by atoms with Gasteiger partial charge in [-0.3, -0.25) is 24.0 Å². The topological polar surface area (TPSA) is 112 Å². The molecule has 202 valence electrons. The number of carbonyl (C=O) groups excluding carboxylic acids is 3. The molecule has 2 aromatic rings. The number of piperidine rings is 2. The minimum atomic E-state index is -0.696. The molecule has 10 nitrogen and oxygen atoms in total. The SMILES string of the molecule is CC(CCc1cccc2c1n(C)c(=O)n2C1CCC(=O)NC1=O)OC1CCN(C(=O)OC(C)(C)C)CC1. The van der Waals surface area contributed by atoms with Gasteiger partial charge in [-0.05, 0) is 71.4 Å². The number of hydrogen-bond acceptors (Lipinski definition) is 6. The summed E-state index contributed by atoms with van der Waals surface area (Å²) in [6, 6.07) is 5.06. The number of aromatic nitrogens is 2. The largest absolute Gasteiger partial charge is 0.444 e. The maximum Gasteiger partial charge on any atom is 0.410 e. The lowest BCUT2D eigenvalue weighted by Crippen LogP contribution is -2.44. The number of hydrogen-bond donors (Lipinski definition) is 1. The van der Waals surface area contributed by atoms with Gasteiger partial charge in [0, 0.05) is 26.6 Å². The van der Waals surface area contributed by atoms with Crippen LogP contribution in [0.2, 0.25) is 0 Å². The van der Waals surface area contributed by atoms with E-state index in [1.807, 2.05) is 45.9 Å². The van der Waals surface area contributed by atoms with Crippen molar-refractivity contribution in [2.45, 2.75) is 90.1 Å². The van der Waals surface area contributed by atoms with Crippen LogP contribution in [-0.2, 0) is 32.5 Å². The summed E-state index contributed by atoms with van der Waals surface area (Å²) in [5.74, 6) is -0.740. The van der Waals surface area contributed by atoms with Crippen molar-refractivity contribution in [3.05, 3.63) is 34.2 Å². The lowest BCUT2D eigenvalue weighted by Gasteiger charge is -2.34. The number of benzene rings is 1. The zero-order valence-electron chi connectivity index (χ0n) is 22.4. The van der Waals surface area contributed by atoms with E-state index in [2.05, 4.69) is 5.32 Å². The van der Waals surface area contributed by atoms with Crippen molar-refractivity contribution < 1.29 is 23.9 Å². The van der Waals surface area contributed by atoms with Gasteiger partial charge >= 0.3 is 11.8 Å². The van der Waals surface area contributed by atoms with E-state index in [1.54, 1.807) is 16.5 Å². The Bertz CT molecular complexity index is 1230. The van der Waals surface area contributed by atoms with Gasteiger partial charge in [-0.15, -0.1) is 0 Å². The summed E-state index contributed by atoms with van der Waals surface area (Å²) in [5.41, 5.74) is 1.74. The van der Waals surface area contributed by atoms with Crippen molar-refractivity contribution in [1.82, 2.24) is 19.4 Å². The highest BCUT2D eigenvalue weighted by atomic mass is 16.6. The van der Waals surface area contributed by atoms with Crippen LogP contribution in [-0.4, -0.2) is 62.8 Å². The highest BCUT2D eigenvalue weighted by molar-refractivity contribution is 6.00. The van der Waals surface area contributed by atoms with Crippen LogP contribution in [0.4, 0.5) is 4.79 Å². The quantitative estimate of drug-likeness (QED) is 0.593. The van der Waals surface area contributed by atoms with Crippen LogP contribution in [0.25, 0.3) is 11.0 Å². The van der Waals surface area contributed by atoms with E-state index in [0.29, 0.717) is 31.4 Å². The molecule has 4 rings (SSSR count). The van der Waals surface area contributed by atoms with Crippen molar-refractivity contribution in [2.75, 3.05) is 13.1 Å².